The topological polar surface area (TPSA) is 250 Å². The number of hydrogen-bond acceptors (Lipinski definition) is 12. The summed E-state index contributed by atoms with van der Waals surface area (Å²) in [5.74, 6) is -3.43. The van der Waals surface area contributed by atoms with Gasteiger partial charge < -0.3 is 46.7 Å². The van der Waals surface area contributed by atoms with Crippen molar-refractivity contribution in [2.75, 3.05) is 18.5 Å². The van der Waals surface area contributed by atoms with E-state index in [0.29, 0.717) is 0 Å². The zero-order valence-electron chi connectivity index (χ0n) is 16.7. The van der Waals surface area contributed by atoms with Gasteiger partial charge in [-0.1, -0.05) is 0 Å². The highest BCUT2D eigenvalue weighted by Gasteiger charge is 2.47. The number of nitrogens with zero attached hydrogens (tertiary/aromatic N) is 2. The molecule has 0 radical (unpaired) electrons. The second-order valence-corrected chi connectivity index (χ2v) is 7.08. The van der Waals surface area contributed by atoms with E-state index in [0.717, 1.165) is 4.57 Å². The number of carbonyl (C=O) groups is 3. The van der Waals surface area contributed by atoms with Crippen LogP contribution in [0.3, 0.4) is 0 Å². The third kappa shape index (κ3) is 6.44. The van der Waals surface area contributed by atoms with Crippen LogP contribution in [0.5, 0.6) is 0 Å². The van der Waals surface area contributed by atoms with Crippen molar-refractivity contribution in [2.45, 2.75) is 49.5 Å². The summed E-state index contributed by atoms with van der Waals surface area (Å²) in [6, 6.07) is -0.878. The van der Waals surface area contributed by atoms with Crippen molar-refractivity contribution in [1.82, 2.24) is 9.55 Å². The first kappa shape index (κ1) is 25.2. The lowest BCUT2D eigenvalue weighted by Crippen LogP contribution is -2.41. The van der Waals surface area contributed by atoms with Gasteiger partial charge >= 0.3 is 23.6 Å². The summed E-state index contributed by atoms with van der Waals surface area (Å²) in [5.41, 5.74) is 10.0. The van der Waals surface area contributed by atoms with Crippen LogP contribution in [0, 0.1) is 0 Å². The molecule has 0 unspecified atom stereocenters. The van der Waals surface area contributed by atoms with E-state index in [9.17, 15) is 29.4 Å². The molecule has 1 saturated heterocycles. The number of carbonyl (C=O) groups excluding carboxylic acids is 1. The number of hydrogen-bond donors (Lipinski definition) is 7. The molecule has 0 aliphatic carbocycles. The highest BCUT2D eigenvalue weighted by molar-refractivity contribution is 5.81. The second-order valence-electron chi connectivity index (χ2n) is 7.08. The molecule has 0 aromatic carbocycles. The molecule has 1 aliphatic rings. The molecular formula is C17H25N5O10. The predicted octanol–water partition coefficient (Wildman–Crippen LogP) is -3.58. The number of ether oxygens (including phenoxy) is 2. The molecule has 0 spiro atoms. The molecule has 15 heteroatoms. The Balaban J connectivity index is 2.07. The zero-order chi connectivity index (χ0) is 24.0. The average Bonchev–Trinajstić information content (AvgIpc) is 3.01. The first-order chi connectivity index (χ1) is 15.0. The van der Waals surface area contributed by atoms with Gasteiger partial charge in [-0.25, -0.2) is 4.79 Å². The van der Waals surface area contributed by atoms with Crippen molar-refractivity contribution in [3.05, 3.63) is 22.7 Å². The molecule has 178 valence electrons. The Bertz CT molecular complexity index is 893. The van der Waals surface area contributed by atoms with E-state index in [1.807, 2.05) is 0 Å². The van der Waals surface area contributed by atoms with Crippen molar-refractivity contribution in [3.63, 3.8) is 0 Å². The number of rotatable bonds is 11. The maximum Gasteiger partial charge on any atom is 0.351 e. The van der Waals surface area contributed by atoms with Crippen LogP contribution < -0.4 is 22.5 Å². The molecule has 15 nitrogen and oxygen atoms in total. The third-order valence-electron chi connectivity index (χ3n) is 4.55. The van der Waals surface area contributed by atoms with Crippen LogP contribution in [0.2, 0.25) is 0 Å². The Kier molecular flexibility index (Phi) is 8.62. The maximum absolute atomic E-state index is 12.4. The molecular weight excluding hydrogens is 434 g/mol. The van der Waals surface area contributed by atoms with Gasteiger partial charge in [0.25, 0.3) is 0 Å². The molecule has 2 heterocycles. The van der Waals surface area contributed by atoms with E-state index in [4.69, 9.17) is 31.2 Å². The molecule has 0 bridgehead atoms. The van der Waals surface area contributed by atoms with Crippen LogP contribution >= 0.6 is 0 Å². The van der Waals surface area contributed by atoms with E-state index in [1.54, 1.807) is 0 Å². The Morgan fingerprint density at radius 1 is 1.28 bits per heavy atom. The van der Waals surface area contributed by atoms with Gasteiger partial charge in [-0.05, 0) is 6.07 Å². The lowest BCUT2D eigenvalue weighted by molar-refractivity contribution is -0.159. The van der Waals surface area contributed by atoms with Gasteiger partial charge in [-0.2, -0.15) is 4.98 Å². The minimum absolute atomic E-state index is 0.0361. The molecule has 1 aromatic rings. The number of anilines is 1. The number of carboxylic acid groups (broad SMARTS) is 2. The van der Waals surface area contributed by atoms with E-state index in [1.165, 1.54) is 12.3 Å². The Morgan fingerprint density at radius 2 is 1.97 bits per heavy atom. The van der Waals surface area contributed by atoms with Crippen molar-refractivity contribution in [2.24, 2.45) is 11.5 Å². The summed E-state index contributed by atoms with van der Waals surface area (Å²) >= 11 is 0. The summed E-state index contributed by atoms with van der Waals surface area (Å²) < 4.78 is 11.4. The molecule has 1 fully saturated rings. The standard InChI is InChI=1S/C17H25N5O10/c18-7(3-11(24)25)5-20-10-1-2-22(17(30)21-10)15-13(27)14(9(6-23)31-15)32-12(26)4-8(19)16(28)29/h1-2,7-9,13-15,23,27H,3-6,18-19H2,(H,24,25)(H,28,29)(H,20,21,30)/t7-,8-,9+,13-,14+,15+/m0/s1. The number of nitrogens with two attached hydrogens (primary N) is 2. The number of carboxylic acids is 2. The van der Waals surface area contributed by atoms with Gasteiger partial charge in [0.1, 0.15) is 24.1 Å². The summed E-state index contributed by atoms with van der Waals surface area (Å²) in [6.45, 7) is -0.631. The third-order valence-corrected chi connectivity index (χ3v) is 4.55. The fourth-order valence-corrected chi connectivity index (χ4v) is 2.95. The van der Waals surface area contributed by atoms with Crippen LogP contribution in [-0.4, -0.2) is 91.4 Å². The van der Waals surface area contributed by atoms with E-state index >= 15 is 0 Å². The minimum Gasteiger partial charge on any atom is -0.481 e. The first-order valence-corrected chi connectivity index (χ1v) is 9.46. The Labute approximate surface area is 180 Å². The number of aromatic nitrogens is 2. The van der Waals surface area contributed by atoms with Crippen LogP contribution in [0.4, 0.5) is 5.82 Å². The number of esters is 1. The van der Waals surface area contributed by atoms with E-state index in [-0.39, 0.29) is 18.8 Å². The average molecular weight is 459 g/mol. The van der Waals surface area contributed by atoms with Gasteiger partial charge in [-0.15, -0.1) is 0 Å². The molecule has 32 heavy (non-hydrogen) atoms. The van der Waals surface area contributed by atoms with Crippen molar-refractivity contribution >= 4 is 23.7 Å². The molecule has 1 aromatic heterocycles. The molecule has 6 atom stereocenters. The van der Waals surface area contributed by atoms with Crippen molar-refractivity contribution in [1.29, 1.82) is 0 Å². The molecule has 0 amide bonds. The SMILES string of the molecule is N[C@H](CNc1ccn([C@@H]2O[C@H](CO)[C@@H](OC(=O)C[C@H](N)C(=O)O)[C@@H]2O)c(=O)n1)CC(=O)O. The van der Waals surface area contributed by atoms with Crippen molar-refractivity contribution < 1.29 is 44.3 Å². The van der Waals surface area contributed by atoms with Gasteiger partial charge in [-0.3, -0.25) is 19.0 Å². The summed E-state index contributed by atoms with van der Waals surface area (Å²) in [4.78, 5) is 49.4. The summed E-state index contributed by atoms with van der Waals surface area (Å²) in [7, 11) is 0. The fraction of sp³-hybridized carbons (Fsp3) is 0.588. The van der Waals surface area contributed by atoms with Crippen molar-refractivity contribution in [3.8, 4) is 0 Å². The monoisotopic (exact) mass is 459 g/mol. The smallest absolute Gasteiger partial charge is 0.351 e. The number of nitrogens with one attached hydrogen (secondary N) is 1. The highest BCUT2D eigenvalue weighted by atomic mass is 16.6. The first-order valence-electron chi connectivity index (χ1n) is 9.46. The highest BCUT2D eigenvalue weighted by Crippen LogP contribution is 2.30. The summed E-state index contributed by atoms with van der Waals surface area (Å²) in [5, 5.41) is 40.2. The van der Waals surface area contributed by atoms with Crippen LogP contribution in [-0.2, 0) is 23.9 Å². The van der Waals surface area contributed by atoms with Gasteiger partial charge in [0.2, 0.25) is 0 Å². The van der Waals surface area contributed by atoms with Gasteiger partial charge in [0, 0.05) is 18.8 Å². The van der Waals surface area contributed by atoms with Gasteiger partial charge in [0.15, 0.2) is 12.3 Å². The fourth-order valence-electron chi connectivity index (χ4n) is 2.95. The lowest BCUT2D eigenvalue weighted by Gasteiger charge is -2.20. The largest absolute Gasteiger partial charge is 0.481 e. The normalized spacial score (nSPS) is 24.5. The van der Waals surface area contributed by atoms with Crippen LogP contribution in [0.15, 0.2) is 17.1 Å². The molecule has 1 aliphatic heterocycles. The second kappa shape index (κ2) is 11.0. The number of aliphatic hydroxyl groups is 2. The predicted molar refractivity (Wildman–Crippen MR) is 104 cm³/mol. The van der Waals surface area contributed by atoms with E-state index < -0.39 is 73.2 Å². The number of aliphatic hydroxyl groups excluding tert-OH is 2. The summed E-state index contributed by atoms with van der Waals surface area (Å²) in [6.07, 6.45) is -5.26. The van der Waals surface area contributed by atoms with Crippen LogP contribution in [0.25, 0.3) is 0 Å². The minimum atomic E-state index is -1.58. The molecule has 0 saturated carbocycles. The quantitative estimate of drug-likeness (QED) is 0.158. The molecule has 9 N–H and O–H groups in total. The Hall–Kier alpha value is -3.11. The van der Waals surface area contributed by atoms with Gasteiger partial charge in [0.05, 0.1) is 19.4 Å². The van der Waals surface area contributed by atoms with Crippen LogP contribution in [0.1, 0.15) is 19.1 Å². The zero-order valence-corrected chi connectivity index (χ0v) is 16.7. The Morgan fingerprint density at radius 3 is 2.53 bits per heavy atom. The maximum atomic E-state index is 12.4. The lowest BCUT2D eigenvalue weighted by atomic mass is 10.1. The number of aliphatic carboxylic acids is 2. The van der Waals surface area contributed by atoms with E-state index in [2.05, 4.69) is 10.3 Å². The molecule has 2 rings (SSSR count).